The Kier molecular flexibility index (Phi) is 5.24. The van der Waals surface area contributed by atoms with Gasteiger partial charge in [-0.05, 0) is 36.2 Å². The van der Waals surface area contributed by atoms with Crippen LogP contribution in [0.25, 0.3) is 0 Å². The van der Waals surface area contributed by atoms with Crippen molar-refractivity contribution >= 4 is 21.6 Å². The van der Waals surface area contributed by atoms with Crippen molar-refractivity contribution in [3.8, 4) is 11.8 Å². The van der Waals surface area contributed by atoms with Gasteiger partial charge in [-0.25, -0.2) is 0 Å². The van der Waals surface area contributed by atoms with Gasteiger partial charge in [0.25, 0.3) is 0 Å². The number of nitrogens with one attached hydrogen (secondary N) is 1. The predicted molar refractivity (Wildman–Crippen MR) is 88.5 cm³/mol. The Labute approximate surface area is 133 Å². The predicted octanol–water partition coefficient (Wildman–Crippen LogP) is 4.89. The molecular formula is C17H17BrN2O. The first kappa shape index (κ1) is 15.4. The normalized spacial score (nSPS) is 11.5. The molecular weight excluding hydrogens is 328 g/mol. The third kappa shape index (κ3) is 3.77. The maximum Gasteiger partial charge on any atom is 0.143 e. The van der Waals surface area contributed by atoms with Crippen molar-refractivity contribution in [2.45, 2.75) is 19.4 Å². The van der Waals surface area contributed by atoms with E-state index in [-0.39, 0.29) is 6.04 Å². The fourth-order valence-electron chi connectivity index (χ4n) is 2.21. The molecule has 2 rings (SSSR count). The molecule has 0 saturated carbocycles. The van der Waals surface area contributed by atoms with Crippen molar-refractivity contribution in [2.24, 2.45) is 0 Å². The third-order valence-corrected chi connectivity index (χ3v) is 3.81. The minimum atomic E-state index is 0.185. The topological polar surface area (TPSA) is 45.0 Å². The summed E-state index contributed by atoms with van der Waals surface area (Å²) in [5.74, 6) is 0.683. The molecule has 4 heteroatoms. The van der Waals surface area contributed by atoms with Gasteiger partial charge in [0, 0.05) is 10.5 Å². The van der Waals surface area contributed by atoms with Crippen LogP contribution in [-0.2, 0) is 0 Å². The van der Waals surface area contributed by atoms with E-state index in [1.807, 2.05) is 18.2 Å². The standard InChI is InChI=1S/C17H17BrN2O/c1-3-15(13-5-4-6-14(18)10-13)20-16-8-7-12(11-19)9-17(16)21-2/h4-10,15,20H,3H2,1-2H3. The fraction of sp³-hybridized carbons (Fsp3) is 0.235. The number of benzene rings is 2. The summed E-state index contributed by atoms with van der Waals surface area (Å²) in [5, 5.41) is 12.4. The average molecular weight is 345 g/mol. The Hall–Kier alpha value is -1.99. The van der Waals surface area contributed by atoms with E-state index in [1.54, 1.807) is 19.2 Å². The maximum atomic E-state index is 8.95. The van der Waals surface area contributed by atoms with Crippen LogP contribution in [0, 0.1) is 11.3 Å². The van der Waals surface area contributed by atoms with Gasteiger partial charge in [0.2, 0.25) is 0 Å². The van der Waals surface area contributed by atoms with E-state index in [2.05, 4.69) is 46.4 Å². The fourth-order valence-corrected chi connectivity index (χ4v) is 2.63. The van der Waals surface area contributed by atoms with Crippen molar-refractivity contribution in [1.82, 2.24) is 0 Å². The molecule has 0 aliphatic heterocycles. The molecule has 0 aromatic heterocycles. The summed E-state index contributed by atoms with van der Waals surface area (Å²) >= 11 is 3.50. The van der Waals surface area contributed by atoms with E-state index in [0.29, 0.717) is 11.3 Å². The number of hydrogen-bond acceptors (Lipinski definition) is 3. The van der Waals surface area contributed by atoms with Gasteiger partial charge >= 0.3 is 0 Å². The Bertz CT molecular complexity index is 664. The minimum absolute atomic E-state index is 0.185. The SMILES string of the molecule is CCC(Nc1ccc(C#N)cc1OC)c1cccc(Br)c1. The lowest BCUT2D eigenvalue weighted by molar-refractivity contribution is 0.415. The van der Waals surface area contributed by atoms with Crippen LogP contribution in [0.1, 0.15) is 30.5 Å². The summed E-state index contributed by atoms with van der Waals surface area (Å²) in [4.78, 5) is 0. The van der Waals surface area contributed by atoms with Crippen molar-refractivity contribution in [1.29, 1.82) is 5.26 Å². The van der Waals surface area contributed by atoms with Gasteiger partial charge in [-0.2, -0.15) is 5.26 Å². The highest BCUT2D eigenvalue weighted by Gasteiger charge is 2.12. The molecule has 2 aromatic carbocycles. The van der Waals surface area contributed by atoms with Gasteiger partial charge in [0.05, 0.1) is 30.5 Å². The van der Waals surface area contributed by atoms with Gasteiger partial charge in [0.1, 0.15) is 5.75 Å². The van der Waals surface area contributed by atoms with Crippen LogP contribution in [0.5, 0.6) is 5.75 Å². The number of nitrogens with zero attached hydrogens (tertiary/aromatic N) is 1. The van der Waals surface area contributed by atoms with E-state index in [0.717, 1.165) is 16.6 Å². The molecule has 0 fully saturated rings. The number of rotatable bonds is 5. The number of ether oxygens (including phenoxy) is 1. The lowest BCUT2D eigenvalue weighted by atomic mass is 10.0. The lowest BCUT2D eigenvalue weighted by Gasteiger charge is -2.21. The first-order chi connectivity index (χ1) is 10.2. The second kappa shape index (κ2) is 7.14. The molecule has 0 aliphatic rings. The Morgan fingerprint density at radius 1 is 1.29 bits per heavy atom. The largest absolute Gasteiger partial charge is 0.495 e. The van der Waals surface area contributed by atoms with Gasteiger partial charge < -0.3 is 10.1 Å². The van der Waals surface area contributed by atoms with Crippen LogP contribution in [0.3, 0.4) is 0 Å². The zero-order chi connectivity index (χ0) is 15.2. The Morgan fingerprint density at radius 2 is 2.10 bits per heavy atom. The first-order valence-corrected chi connectivity index (χ1v) is 7.57. The monoisotopic (exact) mass is 344 g/mol. The highest BCUT2D eigenvalue weighted by molar-refractivity contribution is 9.10. The summed E-state index contributed by atoms with van der Waals surface area (Å²) in [6, 6.07) is 16.0. The Balaban J connectivity index is 2.29. The van der Waals surface area contributed by atoms with Crippen LogP contribution >= 0.6 is 15.9 Å². The minimum Gasteiger partial charge on any atom is -0.495 e. The van der Waals surface area contributed by atoms with Gasteiger partial charge in [0.15, 0.2) is 0 Å². The zero-order valence-electron chi connectivity index (χ0n) is 12.1. The molecule has 1 N–H and O–H groups in total. The van der Waals surface area contributed by atoms with Crippen LogP contribution in [0.4, 0.5) is 5.69 Å². The molecule has 0 bridgehead atoms. The molecule has 1 unspecified atom stereocenters. The van der Waals surface area contributed by atoms with Crippen molar-refractivity contribution in [3.05, 3.63) is 58.1 Å². The number of methoxy groups -OCH3 is 1. The summed E-state index contributed by atoms with van der Waals surface area (Å²) in [6.07, 6.45) is 0.944. The Morgan fingerprint density at radius 3 is 2.71 bits per heavy atom. The molecule has 0 aliphatic carbocycles. The van der Waals surface area contributed by atoms with Crippen molar-refractivity contribution in [2.75, 3.05) is 12.4 Å². The average Bonchev–Trinajstić information content (AvgIpc) is 2.52. The van der Waals surface area contributed by atoms with E-state index in [9.17, 15) is 0 Å². The van der Waals surface area contributed by atoms with Crippen molar-refractivity contribution < 1.29 is 4.74 Å². The number of hydrogen-bond donors (Lipinski definition) is 1. The summed E-state index contributed by atoms with van der Waals surface area (Å²) in [6.45, 7) is 2.13. The first-order valence-electron chi connectivity index (χ1n) is 6.78. The van der Waals surface area contributed by atoms with Crippen LogP contribution in [0.2, 0.25) is 0 Å². The second-order valence-corrected chi connectivity index (χ2v) is 5.60. The highest BCUT2D eigenvalue weighted by atomic mass is 79.9. The van der Waals surface area contributed by atoms with E-state index in [1.165, 1.54) is 5.56 Å². The molecule has 0 amide bonds. The molecule has 21 heavy (non-hydrogen) atoms. The zero-order valence-corrected chi connectivity index (χ0v) is 13.6. The molecule has 0 spiro atoms. The molecule has 1 atom stereocenters. The summed E-state index contributed by atoms with van der Waals surface area (Å²) in [7, 11) is 1.61. The van der Waals surface area contributed by atoms with Crippen LogP contribution < -0.4 is 10.1 Å². The lowest BCUT2D eigenvalue weighted by Crippen LogP contribution is -2.10. The summed E-state index contributed by atoms with van der Waals surface area (Å²) < 4.78 is 6.43. The van der Waals surface area contributed by atoms with Crippen molar-refractivity contribution in [3.63, 3.8) is 0 Å². The van der Waals surface area contributed by atoms with Gasteiger partial charge in [-0.1, -0.05) is 35.0 Å². The molecule has 0 saturated heterocycles. The smallest absolute Gasteiger partial charge is 0.143 e. The molecule has 0 heterocycles. The van der Waals surface area contributed by atoms with E-state index < -0.39 is 0 Å². The molecule has 2 aromatic rings. The van der Waals surface area contributed by atoms with Gasteiger partial charge in [-0.15, -0.1) is 0 Å². The maximum absolute atomic E-state index is 8.95. The molecule has 0 radical (unpaired) electrons. The quantitative estimate of drug-likeness (QED) is 0.839. The van der Waals surface area contributed by atoms with Gasteiger partial charge in [-0.3, -0.25) is 0 Å². The third-order valence-electron chi connectivity index (χ3n) is 3.32. The highest BCUT2D eigenvalue weighted by Crippen LogP contribution is 2.31. The second-order valence-electron chi connectivity index (χ2n) is 4.69. The number of halogens is 1. The summed E-state index contributed by atoms with van der Waals surface area (Å²) in [5.41, 5.74) is 2.69. The van der Waals surface area contributed by atoms with Crippen LogP contribution in [-0.4, -0.2) is 7.11 Å². The van der Waals surface area contributed by atoms with E-state index in [4.69, 9.17) is 10.00 Å². The van der Waals surface area contributed by atoms with Crippen LogP contribution in [0.15, 0.2) is 46.9 Å². The molecule has 108 valence electrons. The van der Waals surface area contributed by atoms with E-state index >= 15 is 0 Å². The molecule has 3 nitrogen and oxygen atoms in total. The number of nitriles is 1. The number of anilines is 1.